The highest BCUT2D eigenvalue weighted by Crippen LogP contribution is 2.01. The molecule has 0 aromatic heterocycles. The molecule has 0 aliphatic carbocycles. The summed E-state index contributed by atoms with van der Waals surface area (Å²) in [5.41, 5.74) is 5.35. The van der Waals surface area contributed by atoms with Crippen molar-refractivity contribution in [3.63, 3.8) is 0 Å². The van der Waals surface area contributed by atoms with Crippen LogP contribution in [0.25, 0.3) is 0 Å². The zero-order valence-corrected chi connectivity index (χ0v) is 10.0. The minimum absolute atomic E-state index is 0.146. The lowest BCUT2D eigenvalue weighted by Crippen LogP contribution is -2.27. The maximum absolute atomic E-state index is 11.2. The number of rotatable bonds is 8. The fourth-order valence-electron chi connectivity index (χ4n) is 0.902. The molecule has 0 aliphatic heterocycles. The van der Waals surface area contributed by atoms with Crippen molar-refractivity contribution >= 4 is 17.7 Å². The van der Waals surface area contributed by atoms with Crippen molar-refractivity contribution < 1.29 is 4.79 Å². The first-order valence-electron chi connectivity index (χ1n) is 5.21. The molecule has 0 spiro atoms. The van der Waals surface area contributed by atoms with Gasteiger partial charge in [-0.15, -0.1) is 0 Å². The first-order valence-corrected chi connectivity index (χ1v) is 6.36. The Hall–Kier alpha value is -0.220. The molecule has 0 aromatic carbocycles. The molecule has 0 aliphatic rings. The van der Waals surface area contributed by atoms with Crippen LogP contribution in [0.4, 0.5) is 0 Å². The molecule has 0 radical (unpaired) electrons. The summed E-state index contributed by atoms with van der Waals surface area (Å²) in [4.78, 5) is 11.2. The number of thioether (sulfide) groups is 1. The molecule has 0 bridgehead atoms. The van der Waals surface area contributed by atoms with Gasteiger partial charge in [-0.3, -0.25) is 4.79 Å². The van der Waals surface area contributed by atoms with Crippen LogP contribution in [0.2, 0.25) is 0 Å². The van der Waals surface area contributed by atoms with E-state index in [9.17, 15) is 4.79 Å². The molecule has 0 saturated carbocycles. The van der Waals surface area contributed by atoms with Gasteiger partial charge in [0.1, 0.15) is 0 Å². The van der Waals surface area contributed by atoms with Gasteiger partial charge < -0.3 is 11.1 Å². The summed E-state index contributed by atoms with van der Waals surface area (Å²) in [6.07, 6.45) is 2.04. The van der Waals surface area contributed by atoms with E-state index in [4.69, 9.17) is 5.73 Å². The highest BCUT2D eigenvalue weighted by atomic mass is 32.2. The molecule has 4 heteroatoms. The third-order valence-corrected chi connectivity index (χ3v) is 2.81. The van der Waals surface area contributed by atoms with Gasteiger partial charge in [-0.25, -0.2) is 0 Å². The van der Waals surface area contributed by atoms with Crippen LogP contribution in [-0.2, 0) is 4.79 Å². The zero-order valence-electron chi connectivity index (χ0n) is 9.21. The van der Waals surface area contributed by atoms with E-state index in [0.717, 1.165) is 25.1 Å². The Morgan fingerprint density at radius 1 is 1.50 bits per heavy atom. The molecule has 0 aromatic rings. The third kappa shape index (κ3) is 9.86. The Balaban J connectivity index is 3.20. The van der Waals surface area contributed by atoms with Gasteiger partial charge in [-0.2, -0.15) is 11.8 Å². The van der Waals surface area contributed by atoms with E-state index in [2.05, 4.69) is 19.2 Å². The van der Waals surface area contributed by atoms with Gasteiger partial charge in [0.15, 0.2) is 0 Å². The number of hydrogen-bond donors (Lipinski definition) is 2. The Morgan fingerprint density at radius 2 is 2.21 bits per heavy atom. The van der Waals surface area contributed by atoms with Crippen molar-refractivity contribution in [3.05, 3.63) is 0 Å². The standard InChI is InChI=1S/C10H22N2OS/c1-9(2)4-6-12-10(13)8-14-7-3-5-11/h9H,3-8,11H2,1-2H3,(H,12,13). The van der Waals surface area contributed by atoms with Crippen molar-refractivity contribution in [1.82, 2.24) is 5.32 Å². The largest absolute Gasteiger partial charge is 0.355 e. The van der Waals surface area contributed by atoms with Crippen LogP contribution in [0.5, 0.6) is 0 Å². The second kappa shape index (κ2) is 9.34. The van der Waals surface area contributed by atoms with Crippen molar-refractivity contribution in [2.24, 2.45) is 11.7 Å². The molecule has 0 atom stereocenters. The summed E-state index contributed by atoms with van der Waals surface area (Å²) >= 11 is 1.65. The highest BCUT2D eigenvalue weighted by molar-refractivity contribution is 7.99. The van der Waals surface area contributed by atoms with E-state index in [-0.39, 0.29) is 5.91 Å². The van der Waals surface area contributed by atoms with Gasteiger partial charge in [0, 0.05) is 6.54 Å². The third-order valence-electron chi connectivity index (χ3n) is 1.77. The van der Waals surface area contributed by atoms with Crippen LogP contribution >= 0.6 is 11.8 Å². The molecule has 84 valence electrons. The van der Waals surface area contributed by atoms with Crippen LogP contribution in [0, 0.1) is 5.92 Å². The van der Waals surface area contributed by atoms with Gasteiger partial charge in [0.05, 0.1) is 5.75 Å². The summed E-state index contributed by atoms with van der Waals surface area (Å²) in [6.45, 7) is 5.82. The van der Waals surface area contributed by atoms with Crippen LogP contribution in [0.1, 0.15) is 26.7 Å². The maximum atomic E-state index is 11.2. The Bertz CT molecular complexity index is 151. The smallest absolute Gasteiger partial charge is 0.229 e. The van der Waals surface area contributed by atoms with Gasteiger partial charge in [-0.05, 0) is 31.1 Å². The fourth-order valence-corrected chi connectivity index (χ4v) is 1.70. The Labute approximate surface area is 91.2 Å². The van der Waals surface area contributed by atoms with Crippen molar-refractivity contribution in [3.8, 4) is 0 Å². The van der Waals surface area contributed by atoms with E-state index in [1.807, 2.05) is 0 Å². The molecule has 0 fully saturated rings. The predicted molar refractivity (Wildman–Crippen MR) is 63.5 cm³/mol. The zero-order chi connectivity index (χ0) is 10.8. The van der Waals surface area contributed by atoms with Gasteiger partial charge in [0.25, 0.3) is 0 Å². The molecule has 0 heterocycles. The number of carbonyl (C=O) groups is 1. The molecular formula is C10H22N2OS. The normalized spacial score (nSPS) is 10.6. The quantitative estimate of drug-likeness (QED) is 0.603. The highest BCUT2D eigenvalue weighted by Gasteiger charge is 2.00. The monoisotopic (exact) mass is 218 g/mol. The van der Waals surface area contributed by atoms with Crippen molar-refractivity contribution in [1.29, 1.82) is 0 Å². The minimum Gasteiger partial charge on any atom is -0.355 e. The maximum Gasteiger partial charge on any atom is 0.229 e. The van der Waals surface area contributed by atoms with Gasteiger partial charge >= 0.3 is 0 Å². The predicted octanol–water partition coefficient (Wildman–Crippen LogP) is 1.23. The molecular weight excluding hydrogens is 196 g/mol. The summed E-state index contributed by atoms with van der Waals surface area (Å²) in [6, 6.07) is 0. The number of nitrogens with one attached hydrogen (secondary N) is 1. The number of nitrogens with two attached hydrogens (primary N) is 1. The lowest BCUT2D eigenvalue weighted by Gasteiger charge is -2.06. The van der Waals surface area contributed by atoms with Crippen LogP contribution in [0.15, 0.2) is 0 Å². The average Bonchev–Trinajstić information content (AvgIpc) is 2.12. The fraction of sp³-hybridized carbons (Fsp3) is 0.900. The first kappa shape index (κ1) is 13.8. The number of carbonyl (C=O) groups excluding carboxylic acids is 1. The van der Waals surface area contributed by atoms with Crippen LogP contribution < -0.4 is 11.1 Å². The summed E-state index contributed by atoms with van der Waals surface area (Å²) in [5, 5.41) is 2.90. The molecule has 0 unspecified atom stereocenters. The first-order chi connectivity index (χ1) is 6.66. The number of amides is 1. The summed E-state index contributed by atoms with van der Waals surface area (Å²) in [5.74, 6) is 2.35. The molecule has 0 rings (SSSR count). The Kier molecular flexibility index (Phi) is 9.19. The lowest BCUT2D eigenvalue weighted by atomic mass is 10.1. The van der Waals surface area contributed by atoms with Crippen molar-refractivity contribution in [2.75, 3.05) is 24.6 Å². The van der Waals surface area contributed by atoms with E-state index >= 15 is 0 Å². The Morgan fingerprint density at radius 3 is 2.79 bits per heavy atom. The summed E-state index contributed by atoms with van der Waals surface area (Å²) < 4.78 is 0. The van der Waals surface area contributed by atoms with Crippen LogP contribution in [-0.4, -0.2) is 30.5 Å². The van der Waals surface area contributed by atoms with E-state index in [1.165, 1.54) is 0 Å². The van der Waals surface area contributed by atoms with E-state index < -0.39 is 0 Å². The molecule has 1 amide bonds. The van der Waals surface area contributed by atoms with E-state index in [0.29, 0.717) is 18.2 Å². The topological polar surface area (TPSA) is 55.1 Å². The van der Waals surface area contributed by atoms with Gasteiger partial charge in [0.2, 0.25) is 5.91 Å². The SMILES string of the molecule is CC(C)CCNC(=O)CSCCCN. The van der Waals surface area contributed by atoms with Crippen LogP contribution in [0.3, 0.4) is 0 Å². The van der Waals surface area contributed by atoms with E-state index in [1.54, 1.807) is 11.8 Å². The van der Waals surface area contributed by atoms with Gasteiger partial charge in [-0.1, -0.05) is 13.8 Å². The molecule has 14 heavy (non-hydrogen) atoms. The summed E-state index contributed by atoms with van der Waals surface area (Å²) in [7, 11) is 0. The molecule has 0 saturated heterocycles. The van der Waals surface area contributed by atoms with Crippen molar-refractivity contribution in [2.45, 2.75) is 26.7 Å². The average molecular weight is 218 g/mol. The molecule has 3 nitrogen and oxygen atoms in total. The second-order valence-corrected chi connectivity index (χ2v) is 4.83. The lowest BCUT2D eigenvalue weighted by molar-refractivity contribution is -0.118. The second-order valence-electron chi connectivity index (χ2n) is 3.73. The number of hydrogen-bond acceptors (Lipinski definition) is 3. The molecule has 3 N–H and O–H groups in total. The minimum atomic E-state index is 0.146.